The first-order chi connectivity index (χ1) is 14.0. The molecule has 0 aliphatic carbocycles. The van der Waals surface area contributed by atoms with Gasteiger partial charge in [-0.3, -0.25) is 4.79 Å². The highest BCUT2D eigenvalue weighted by Gasteiger charge is 2.27. The van der Waals surface area contributed by atoms with Gasteiger partial charge in [-0.05, 0) is 38.0 Å². The average Bonchev–Trinajstić information content (AvgIpc) is 3.02. The molecule has 1 N–H and O–H groups in total. The lowest BCUT2D eigenvalue weighted by atomic mass is 10.1. The Balaban J connectivity index is 2.08. The summed E-state index contributed by atoms with van der Waals surface area (Å²) in [5.41, 5.74) is 0.614. The molecule has 29 heavy (non-hydrogen) atoms. The second-order valence-electron chi connectivity index (χ2n) is 6.08. The van der Waals surface area contributed by atoms with Crippen LogP contribution < -0.4 is 10.1 Å². The van der Waals surface area contributed by atoms with Crippen molar-refractivity contribution >= 4 is 34.2 Å². The number of hydrogen-bond donors (Lipinski definition) is 1. The number of rotatable bonds is 10. The van der Waals surface area contributed by atoms with Crippen LogP contribution in [-0.2, 0) is 14.3 Å². The quantitative estimate of drug-likeness (QED) is 0.458. The number of benzene rings is 1. The van der Waals surface area contributed by atoms with E-state index in [1.165, 1.54) is 0 Å². The van der Waals surface area contributed by atoms with Crippen LogP contribution in [0.5, 0.6) is 5.75 Å². The minimum absolute atomic E-state index is 0.0529. The van der Waals surface area contributed by atoms with E-state index in [0.717, 1.165) is 11.3 Å². The van der Waals surface area contributed by atoms with Gasteiger partial charge in [-0.2, -0.15) is 0 Å². The smallest absolute Gasteiger partial charge is 0.348 e. The number of ether oxygens (including phenoxy) is 3. The molecule has 1 aromatic heterocycles. The molecule has 0 saturated carbocycles. The van der Waals surface area contributed by atoms with Gasteiger partial charge in [-0.15, -0.1) is 11.3 Å². The normalized spacial score (nSPS) is 10.3. The van der Waals surface area contributed by atoms with Gasteiger partial charge in [0.1, 0.15) is 28.8 Å². The van der Waals surface area contributed by atoms with E-state index in [1.807, 2.05) is 37.3 Å². The van der Waals surface area contributed by atoms with E-state index in [4.69, 9.17) is 14.2 Å². The summed E-state index contributed by atoms with van der Waals surface area (Å²) in [5.74, 6) is -0.706. The van der Waals surface area contributed by atoms with Gasteiger partial charge >= 0.3 is 11.9 Å². The maximum absolute atomic E-state index is 12.5. The van der Waals surface area contributed by atoms with E-state index in [1.54, 1.807) is 13.8 Å². The highest BCUT2D eigenvalue weighted by molar-refractivity contribution is 7.18. The maximum Gasteiger partial charge on any atom is 0.348 e. The second kappa shape index (κ2) is 11.2. The first kappa shape index (κ1) is 22.4. The fraction of sp³-hybridized carbons (Fsp3) is 0.381. The van der Waals surface area contributed by atoms with E-state index in [0.29, 0.717) is 29.2 Å². The fourth-order valence-corrected chi connectivity index (χ4v) is 3.64. The number of anilines is 1. The van der Waals surface area contributed by atoms with E-state index < -0.39 is 11.9 Å². The number of para-hydroxylation sites is 1. The van der Waals surface area contributed by atoms with E-state index >= 15 is 0 Å². The van der Waals surface area contributed by atoms with Crippen molar-refractivity contribution in [2.24, 2.45) is 0 Å². The highest BCUT2D eigenvalue weighted by Crippen LogP contribution is 2.34. The van der Waals surface area contributed by atoms with Crippen LogP contribution in [-0.4, -0.2) is 37.7 Å². The predicted octanol–water partition coefficient (Wildman–Crippen LogP) is 4.21. The zero-order chi connectivity index (χ0) is 21.2. The zero-order valence-corrected chi connectivity index (χ0v) is 17.6. The number of amides is 1. The van der Waals surface area contributed by atoms with Gasteiger partial charge in [-0.1, -0.05) is 25.1 Å². The average molecular weight is 419 g/mol. The third-order valence-electron chi connectivity index (χ3n) is 3.87. The van der Waals surface area contributed by atoms with Crippen LogP contribution >= 0.6 is 11.3 Å². The van der Waals surface area contributed by atoms with Crippen molar-refractivity contribution in [1.29, 1.82) is 0 Å². The van der Waals surface area contributed by atoms with Gasteiger partial charge in [0.15, 0.2) is 0 Å². The van der Waals surface area contributed by atoms with Crippen molar-refractivity contribution in [1.82, 2.24) is 0 Å². The Morgan fingerprint density at radius 2 is 1.72 bits per heavy atom. The third kappa shape index (κ3) is 6.32. The molecule has 0 spiro atoms. The second-order valence-corrected chi connectivity index (χ2v) is 7.10. The topological polar surface area (TPSA) is 90.9 Å². The van der Waals surface area contributed by atoms with Crippen LogP contribution in [0.1, 0.15) is 52.3 Å². The van der Waals surface area contributed by atoms with Crippen molar-refractivity contribution in [3.05, 3.63) is 46.3 Å². The minimum atomic E-state index is -0.584. The summed E-state index contributed by atoms with van der Waals surface area (Å²) in [6, 6.07) is 9.19. The van der Waals surface area contributed by atoms with Crippen LogP contribution in [0.4, 0.5) is 5.00 Å². The summed E-state index contributed by atoms with van der Waals surface area (Å²) in [6.45, 7) is 5.65. The minimum Gasteiger partial charge on any atom is -0.490 e. The lowest BCUT2D eigenvalue weighted by Gasteiger charge is -2.07. The molecule has 0 aliphatic heterocycles. The Labute approximate surface area is 174 Å². The molecule has 7 nitrogen and oxygen atoms in total. The Hall–Kier alpha value is -2.87. The molecule has 0 fully saturated rings. The van der Waals surface area contributed by atoms with Crippen molar-refractivity contribution in [2.45, 2.75) is 33.6 Å². The molecule has 0 aliphatic rings. The fourth-order valence-electron chi connectivity index (χ4n) is 2.54. The van der Waals surface area contributed by atoms with Crippen LogP contribution in [0.15, 0.2) is 30.3 Å². The van der Waals surface area contributed by atoms with E-state index in [9.17, 15) is 14.4 Å². The number of nitrogens with one attached hydrogen (secondary N) is 1. The molecule has 0 unspecified atom stereocenters. The van der Waals surface area contributed by atoms with Crippen molar-refractivity contribution in [2.75, 3.05) is 25.1 Å². The molecule has 0 atom stereocenters. The summed E-state index contributed by atoms with van der Waals surface area (Å²) < 4.78 is 15.8. The van der Waals surface area contributed by atoms with Crippen LogP contribution in [0.25, 0.3) is 0 Å². The molecule has 2 rings (SSSR count). The van der Waals surface area contributed by atoms with Gasteiger partial charge in [0.25, 0.3) is 0 Å². The summed E-state index contributed by atoms with van der Waals surface area (Å²) in [4.78, 5) is 37.1. The molecule has 0 radical (unpaired) electrons. The largest absolute Gasteiger partial charge is 0.490 e. The SMILES string of the molecule is CCCC(=O)Nc1sc(C(=O)OCCOc2ccccc2)c(C)c1C(=O)OCC. The molecule has 0 saturated heterocycles. The van der Waals surface area contributed by atoms with Gasteiger partial charge in [0.2, 0.25) is 5.91 Å². The molecule has 156 valence electrons. The summed E-state index contributed by atoms with van der Waals surface area (Å²) >= 11 is 1.01. The third-order valence-corrected chi connectivity index (χ3v) is 5.06. The number of carbonyl (C=O) groups is 3. The zero-order valence-electron chi connectivity index (χ0n) is 16.8. The summed E-state index contributed by atoms with van der Waals surface area (Å²) in [5, 5.41) is 3.00. The Bertz CT molecular complexity index is 846. The Kier molecular flexibility index (Phi) is 8.67. The lowest BCUT2D eigenvalue weighted by Crippen LogP contribution is -2.14. The number of esters is 2. The summed E-state index contributed by atoms with van der Waals surface area (Å²) in [6.07, 6.45) is 0.983. The van der Waals surface area contributed by atoms with Gasteiger partial charge in [0.05, 0.1) is 12.2 Å². The van der Waals surface area contributed by atoms with Crippen LogP contribution in [0.3, 0.4) is 0 Å². The molecule has 1 aromatic carbocycles. The Morgan fingerprint density at radius 1 is 1.00 bits per heavy atom. The Morgan fingerprint density at radius 3 is 2.38 bits per heavy atom. The maximum atomic E-state index is 12.5. The van der Waals surface area contributed by atoms with Crippen molar-refractivity contribution in [3.63, 3.8) is 0 Å². The van der Waals surface area contributed by atoms with Crippen molar-refractivity contribution in [3.8, 4) is 5.75 Å². The van der Waals surface area contributed by atoms with Crippen molar-refractivity contribution < 1.29 is 28.6 Å². The monoisotopic (exact) mass is 419 g/mol. The van der Waals surface area contributed by atoms with E-state index in [2.05, 4.69) is 5.32 Å². The van der Waals surface area contributed by atoms with E-state index in [-0.39, 0.29) is 36.2 Å². The van der Waals surface area contributed by atoms with Gasteiger partial charge in [0, 0.05) is 6.42 Å². The number of thiophene rings is 1. The molecule has 8 heteroatoms. The predicted molar refractivity (Wildman–Crippen MR) is 111 cm³/mol. The summed E-state index contributed by atoms with van der Waals surface area (Å²) in [7, 11) is 0. The molecular formula is C21H25NO6S. The first-order valence-corrected chi connectivity index (χ1v) is 10.2. The first-order valence-electron chi connectivity index (χ1n) is 9.43. The molecule has 1 heterocycles. The molecular weight excluding hydrogens is 394 g/mol. The van der Waals surface area contributed by atoms with Crippen LogP contribution in [0.2, 0.25) is 0 Å². The van der Waals surface area contributed by atoms with Crippen LogP contribution in [0, 0.1) is 6.92 Å². The molecule has 2 aromatic rings. The van der Waals surface area contributed by atoms with Gasteiger partial charge < -0.3 is 19.5 Å². The molecule has 1 amide bonds. The number of hydrogen-bond acceptors (Lipinski definition) is 7. The number of carbonyl (C=O) groups excluding carboxylic acids is 3. The van der Waals surface area contributed by atoms with Gasteiger partial charge in [-0.25, -0.2) is 9.59 Å². The lowest BCUT2D eigenvalue weighted by molar-refractivity contribution is -0.116. The molecule has 0 bridgehead atoms. The highest BCUT2D eigenvalue weighted by atomic mass is 32.1. The standard InChI is InChI=1S/C21H25NO6S/c1-4-9-16(23)22-19-17(20(24)26-5-2)14(3)18(29-19)21(25)28-13-12-27-15-10-7-6-8-11-15/h6-8,10-11H,4-5,9,12-13H2,1-3H3,(H,22,23).